The molecule has 1 saturated carbocycles. The zero-order valence-electron chi connectivity index (χ0n) is 9.90. The molecule has 0 bridgehead atoms. The monoisotopic (exact) mass is 319 g/mol. The fraction of sp³-hybridized carbons (Fsp3) is 0.333. The van der Waals surface area contributed by atoms with Gasteiger partial charge in [-0.3, -0.25) is 0 Å². The topological polar surface area (TPSA) is 64.9 Å². The number of nitrogens with zero attached hydrogens (tertiary/aromatic N) is 2. The van der Waals surface area contributed by atoms with Gasteiger partial charge >= 0.3 is 0 Å². The Morgan fingerprint density at radius 3 is 2.37 bits per heavy atom. The van der Waals surface area contributed by atoms with E-state index in [1.807, 2.05) is 0 Å². The molecule has 3 rings (SSSR count). The number of nitrogens with two attached hydrogens (primary N) is 1. The number of aromatic nitrogens is 2. The number of hydrogen-bond donors (Lipinski definition) is 1. The van der Waals surface area contributed by atoms with Crippen LogP contribution in [0, 0.1) is 0 Å². The van der Waals surface area contributed by atoms with Gasteiger partial charge in [-0.1, -0.05) is 34.4 Å². The fourth-order valence-electron chi connectivity index (χ4n) is 2.01. The summed E-state index contributed by atoms with van der Waals surface area (Å²) in [6.07, 6.45) is 2.84. The first kappa shape index (κ1) is 14.6. The van der Waals surface area contributed by atoms with E-state index in [2.05, 4.69) is 10.1 Å². The predicted octanol–water partition coefficient (Wildman–Crippen LogP) is 3.80. The maximum absolute atomic E-state index is 6.14. The van der Waals surface area contributed by atoms with Crippen molar-refractivity contribution in [2.45, 2.75) is 24.8 Å². The molecule has 2 aromatic rings. The van der Waals surface area contributed by atoms with Gasteiger partial charge in [0.05, 0.1) is 21.1 Å². The van der Waals surface area contributed by atoms with Gasteiger partial charge in [-0.2, -0.15) is 4.98 Å². The molecule has 4 nitrogen and oxygen atoms in total. The van der Waals surface area contributed by atoms with E-state index < -0.39 is 5.54 Å². The number of benzene rings is 1. The first-order chi connectivity index (χ1) is 8.60. The van der Waals surface area contributed by atoms with Crippen molar-refractivity contribution in [2.75, 3.05) is 0 Å². The minimum atomic E-state index is -0.449. The first-order valence-corrected chi connectivity index (χ1v) is 6.43. The van der Waals surface area contributed by atoms with Crippen LogP contribution < -0.4 is 5.73 Å². The van der Waals surface area contributed by atoms with E-state index in [4.69, 9.17) is 33.5 Å². The Kier molecular flexibility index (Phi) is 4.06. The van der Waals surface area contributed by atoms with E-state index in [0.29, 0.717) is 27.3 Å². The quantitative estimate of drug-likeness (QED) is 0.914. The van der Waals surface area contributed by atoms with Crippen LogP contribution in [0.4, 0.5) is 0 Å². The second-order valence-electron chi connectivity index (χ2n) is 4.53. The lowest BCUT2D eigenvalue weighted by molar-refractivity contribution is 0.229. The second-order valence-corrected chi connectivity index (χ2v) is 5.34. The van der Waals surface area contributed by atoms with Gasteiger partial charge in [-0.05, 0) is 31.4 Å². The third kappa shape index (κ3) is 2.46. The second kappa shape index (κ2) is 5.29. The van der Waals surface area contributed by atoms with Crippen molar-refractivity contribution in [3.63, 3.8) is 0 Å². The summed E-state index contributed by atoms with van der Waals surface area (Å²) < 4.78 is 5.22. The van der Waals surface area contributed by atoms with E-state index >= 15 is 0 Å². The Morgan fingerprint density at radius 1 is 1.21 bits per heavy atom. The summed E-state index contributed by atoms with van der Waals surface area (Å²) in [4.78, 5) is 4.32. The molecule has 0 amide bonds. The largest absolute Gasteiger partial charge is 0.334 e. The van der Waals surface area contributed by atoms with E-state index in [9.17, 15) is 0 Å². The van der Waals surface area contributed by atoms with E-state index in [-0.39, 0.29) is 12.4 Å². The molecule has 1 heterocycles. The Balaban J connectivity index is 0.00000133. The van der Waals surface area contributed by atoms with Gasteiger partial charge in [0.15, 0.2) is 5.82 Å². The van der Waals surface area contributed by atoms with Gasteiger partial charge in [0.1, 0.15) is 0 Å². The highest BCUT2D eigenvalue weighted by Gasteiger charge is 2.39. The Labute approximate surface area is 126 Å². The molecule has 102 valence electrons. The van der Waals surface area contributed by atoms with Crippen LogP contribution in [0.5, 0.6) is 0 Å². The molecule has 7 heteroatoms. The highest BCUT2D eigenvalue weighted by Crippen LogP contribution is 2.39. The lowest BCUT2D eigenvalue weighted by Crippen LogP contribution is -2.44. The number of halogens is 3. The third-order valence-corrected chi connectivity index (χ3v) is 3.92. The van der Waals surface area contributed by atoms with Crippen LogP contribution in [0.3, 0.4) is 0 Å². The van der Waals surface area contributed by atoms with Gasteiger partial charge in [0.2, 0.25) is 0 Å². The normalized spacial score (nSPS) is 16.6. The van der Waals surface area contributed by atoms with Crippen molar-refractivity contribution in [3.05, 3.63) is 34.1 Å². The summed E-state index contributed by atoms with van der Waals surface area (Å²) in [5, 5.41) is 4.91. The summed E-state index contributed by atoms with van der Waals surface area (Å²) in [5.41, 5.74) is 6.25. The minimum Gasteiger partial charge on any atom is -0.334 e. The average molecular weight is 321 g/mol. The van der Waals surface area contributed by atoms with Crippen molar-refractivity contribution in [1.82, 2.24) is 10.1 Å². The minimum absolute atomic E-state index is 0. The van der Waals surface area contributed by atoms with E-state index in [1.165, 1.54) is 0 Å². The van der Waals surface area contributed by atoms with Crippen LogP contribution in [-0.4, -0.2) is 10.1 Å². The lowest BCUT2D eigenvalue weighted by Gasteiger charge is -2.34. The molecule has 0 spiro atoms. The zero-order valence-corrected chi connectivity index (χ0v) is 12.2. The van der Waals surface area contributed by atoms with E-state index in [1.54, 1.807) is 18.2 Å². The van der Waals surface area contributed by atoms with Crippen molar-refractivity contribution in [2.24, 2.45) is 5.73 Å². The molecule has 0 unspecified atom stereocenters. The van der Waals surface area contributed by atoms with Crippen LogP contribution in [0.25, 0.3) is 11.5 Å². The van der Waals surface area contributed by atoms with Crippen LogP contribution in [-0.2, 0) is 5.54 Å². The Morgan fingerprint density at radius 2 is 1.84 bits per heavy atom. The molecule has 0 radical (unpaired) electrons. The van der Waals surface area contributed by atoms with Crippen LogP contribution >= 0.6 is 35.6 Å². The van der Waals surface area contributed by atoms with Crippen molar-refractivity contribution < 1.29 is 4.52 Å². The van der Waals surface area contributed by atoms with Crippen molar-refractivity contribution >= 4 is 35.6 Å². The van der Waals surface area contributed by atoms with Gasteiger partial charge in [-0.15, -0.1) is 12.4 Å². The molecule has 2 N–H and O–H groups in total. The predicted molar refractivity (Wildman–Crippen MR) is 76.7 cm³/mol. The third-order valence-electron chi connectivity index (χ3n) is 3.29. The Bertz CT molecular complexity index is 575. The van der Waals surface area contributed by atoms with E-state index in [0.717, 1.165) is 19.3 Å². The summed E-state index contributed by atoms with van der Waals surface area (Å²) in [5.74, 6) is 0.845. The highest BCUT2D eigenvalue weighted by atomic mass is 35.5. The number of rotatable bonds is 2. The smallest absolute Gasteiger partial charge is 0.261 e. The maximum atomic E-state index is 6.14. The maximum Gasteiger partial charge on any atom is 0.261 e. The molecule has 1 aliphatic carbocycles. The summed E-state index contributed by atoms with van der Waals surface area (Å²) in [7, 11) is 0. The first-order valence-electron chi connectivity index (χ1n) is 5.68. The van der Waals surface area contributed by atoms with Crippen LogP contribution in [0.2, 0.25) is 10.0 Å². The van der Waals surface area contributed by atoms with Crippen molar-refractivity contribution in [1.29, 1.82) is 0 Å². The molecular formula is C12H12Cl3N3O. The van der Waals surface area contributed by atoms with Gasteiger partial charge in [-0.25, -0.2) is 0 Å². The molecule has 1 fully saturated rings. The average Bonchev–Trinajstić information content (AvgIpc) is 2.75. The Hall–Kier alpha value is -0.810. The van der Waals surface area contributed by atoms with Crippen LogP contribution in [0.15, 0.2) is 22.7 Å². The standard InChI is InChI=1S/C12H11Cl2N3O.ClH/c13-7-3-1-4-8(14)9(7)10-16-11(17-18-10)12(15)5-2-6-12;/h1,3-4H,2,5-6,15H2;1H. The molecule has 1 aromatic carbocycles. The molecule has 0 atom stereocenters. The summed E-state index contributed by atoms with van der Waals surface area (Å²) >= 11 is 12.2. The molecule has 0 aliphatic heterocycles. The molecule has 1 aromatic heterocycles. The van der Waals surface area contributed by atoms with Crippen LogP contribution in [0.1, 0.15) is 25.1 Å². The fourth-order valence-corrected chi connectivity index (χ4v) is 2.57. The highest BCUT2D eigenvalue weighted by molar-refractivity contribution is 6.38. The van der Waals surface area contributed by atoms with Crippen molar-refractivity contribution in [3.8, 4) is 11.5 Å². The molecular weight excluding hydrogens is 309 g/mol. The summed E-state index contributed by atoms with van der Waals surface area (Å²) in [6, 6.07) is 5.23. The SMILES string of the molecule is Cl.NC1(c2noc(-c3c(Cl)cccc3Cl)n2)CCC1. The van der Waals surface area contributed by atoms with Gasteiger partial charge in [0, 0.05) is 0 Å². The van der Waals surface area contributed by atoms with Gasteiger partial charge in [0.25, 0.3) is 5.89 Å². The molecule has 0 saturated heterocycles. The summed E-state index contributed by atoms with van der Waals surface area (Å²) in [6.45, 7) is 0. The molecule has 1 aliphatic rings. The van der Waals surface area contributed by atoms with Gasteiger partial charge < -0.3 is 10.3 Å². The molecule has 19 heavy (non-hydrogen) atoms. The lowest BCUT2D eigenvalue weighted by atomic mass is 9.77. The number of hydrogen-bond acceptors (Lipinski definition) is 4. The zero-order chi connectivity index (χ0) is 12.8.